The predicted molar refractivity (Wildman–Crippen MR) is 101 cm³/mol. The third kappa shape index (κ3) is 5.70. The Morgan fingerprint density at radius 1 is 1.04 bits per heavy atom. The highest BCUT2D eigenvalue weighted by molar-refractivity contribution is 14.0. The van der Waals surface area contributed by atoms with Crippen molar-refractivity contribution < 1.29 is 13.2 Å². The fraction of sp³-hybridized carbons (Fsp3) is 0.235. The normalized spacial score (nSPS) is 11.1. The highest BCUT2D eigenvalue weighted by Crippen LogP contribution is 2.14. The van der Waals surface area contributed by atoms with Crippen LogP contribution in [0.5, 0.6) is 0 Å². The number of benzene rings is 2. The molecule has 0 aliphatic rings. The van der Waals surface area contributed by atoms with Crippen LogP contribution in [-0.2, 0) is 12.8 Å². The molecule has 0 saturated carbocycles. The number of anilines is 1. The molecule has 3 nitrogen and oxygen atoms in total. The molecule has 0 aliphatic carbocycles. The van der Waals surface area contributed by atoms with Gasteiger partial charge in [0.2, 0.25) is 0 Å². The van der Waals surface area contributed by atoms with Gasteiger partial charge in [0.1, 0.15) is 0 Å². The molecule has 0 aromatic heterocycles. The smallest absolute Gasteiger partial charge is 0.194 e. The third-order valence-corrected chi connectivity index (χ3v) is 3.36. The van der Waals surface area contributed by atoms with Crippen LogP contribution < -0.4 is 11.1 Å². The molecule has 0 bridgehead atoms. The molecule has 0 unspecified atom stereocenters. The minimum atomic E-state index is -1.46. The topological polar surface area (TPSA) is 50.4 Å². The second-order valence-electron chi connectivity index (χ2n) is 5.07. The number of hydrogen-bond donors (Lipinski definition) is 2. The summed E-state index contributed by atoms with van der Waals surface area (Å²) in [6.45, 7) is 2.30. The largest absolute Gasteiger partial charge is 0.370 e. The molecule has 0 saturated heterocycles. The van der Waals surface area contributed by atoms with E-state index in [-0.39, 0.29) is 42.9 Å². The van der Waals surface area contributed by atoms with Gasteiger partial charge in [-0.2, -0.15) is 0 Å². The molecule has 0 atom stereocenters. The first-order valence-corrected chi connectivity index (χ1v) is 7.29. The minimum Gasteiger partial charge on any atom is -0.370 e. The van der Waals surface area contributed by atoms with Crippen molar-refractivity contribution in [3.8, 4) is 0 Å². The molecule has 7 heteroatoms. The van der Waals surface area contributed by atoms with E-state index in [4.69, 9.17) is 5.73 Å². The molecule has 0 fully saturated rings. The van der Waals surface area contributed by atoms with Crippen LogP contribution in [0.2, 0.25) is 0 Å². The van der Waals surface area contributed by atoms with Crippen molar-refractivity contribution in [3.63, 3.8) is 0 Å². The molecule has 24 heavy (non-hydrogen) atoms. The third-order valence-electron chi connectivity index (χ3n) is 3.36. The molecule has 0 spiro atoms. The molecule has 0 aliphatic heterocycles. The van der Waals surface area contributed by atoms with Gasteiger partial charge in [-0.25, -0.2) is 13.2 Å². The Bertz CT molecular complexity index is 680. The number of nitrogens with zero attached hydrogens (tertiary/aromatic N) is 1. The molecule has 2 aromatic carbocycles. The molecule has 0 radical (unpaired) electrons. The fourth-order valence-corrected chi connectivity index (χ4v) is 2.07. The van der Waals surface area contributed by atoms with Gasteiger partial charge in [-0.3, -0.25) is 4.99 Å². The maximum absolute atomic E-state index is 13.1. The monoisotopic (exact) mass is 449 g/mol. The summed E-state index contributed by atoms with van der Waals surface area (Å²) in [5.41, 5.74) is 8.10. The predicted octanol–water partition coefficient (Wildman–Crippen LogP) is 4.25. The van der Waals surface area contributed by atoms with Gasteiger partial charge in [-0.15, -0.1) is 24.0 Å². The van der Waals surface area contributed by atoms with E-state index >= 15 is 0 Å². The van der Waals surface area contributed by atoms with Crippen LogP contribution in [0, 0.1) is 17.5 Å². The zero-order valence-corrected chi connectivity index (χ0v) is 15.5. The summed E-state index contributed by atoms with van der Waals surface area (Å²) in [4.78, 5) is 4.08. The minimum absolute atomic E-state index is 0. The molecule has 0 amide bonds. The molecular formula is C17H19F3IN3. The first kappa shape index (κ1) is 20.3. The zero-order valence-electron chi connectivity index (χ0n) is 13.2. The van der Waals surface area contributed by atoms with E-state index in [2.05, 4.69) is 17.2 Å². The quantitative estimate of drug-likeness (QED) is 0.311. The van der Waals surface area contributed by atoms with Gasteiger partial charge >= 0.3 is 0 Å². The Labute approximate surface area is 156 Å². The van der Waals surface area contributed by atoms with E-state index in [0.29, 0.717) is 5.56 Å². The van der Waals surface area contributed by atoms with Crippen molar-refractivity contribution in [1.82, 2.24) is 0 Å². The Hall–Kier alpha value is -1.77. The number of nitrogens with two attached hydrogens (primary N) is 1. The van der Waals surface area contributed by atoms with E-state index in [1.807, 2.05) is 24.3 Å². The lowest BCUT2D eigenvalue weighted by Crippen LogP contribution is -2.23. The maximum atomic E-state index is 13.1. The number of aryl methyl sites for hydroxylation is 1. The molecule has 3 N–H and O–H groups in total. The van der Waals surface area contributed by atoms with E-state index in [1.54, 1.807) is 0 Å². The van der Waals surface area contributed by atoms with Gasteiger partial charge < -0.3 is 11.1 Å². The summed E-state index contributed by atoms with van der Waals surface area (Å²) in [5, 5.41) is 2.93. The molecule has 2 rings (SSSR count). The standard InChI is InChI=1S/C17H18F3N3.HI/c1-2-11-3-5-13(6-4-11)23-17(21)22-8-7-12-9-14(18)16(20)15(19)10-12;/h3-6,9-10H,2,7-8H2,1H3,(H3,21,22,23);1H. The number of halogens is 4. The molecule has 2 aromatic rings. The van der Waals surface area contributed by atoms with Gasteiger partial charge in [0.05, 0.1) is 0 Å². The first-order chi connectivity index (χ1) is 11.0. The number of aliphatic imine (C=N–C) groups is 1. The second-order valence-corrected chi connectivity index (χ2v) is 5.07. The van der Waals surface area contributed by atoms with Crippen molar-refractivity contribution in [2.24, 2.45) is 10.7 Å². The van der Waals surface area contributed by atoms with Crippen molar-refractivity contribution in [2.75, 3.05) is 11.9 Å². The zero-order chi connectivity index (χ0) is 16.8. The van der Waals surface area contributed by atoms with Gasteiger partial charge in [0.25, 0.3) is 0 Å². The summed E-state index contributed by atoms with van der Waals surface area (Å²) in [5.74, 6) is -3.66. The van der Waals surface area contributed by atoms with Crippen molar-refractivity contribution in [2.45, 2.75) is 19.8 Å². The van der Waals surface area contributed by atoms with E-state index in [0.717, 1.165) is 24.2 Å². The van der Waals surface area contributed by atoms with Gasteiger partial charge in [0.15, 0.2) is 23.4 Å². The average molecular weight is 449 g/mol. The van der Waals surface area contributed by atoms with Gasteiger partial charge in [-0.1, -0.05) is 19.1 Å². The lowest BCUT2D eigenvalue weighted by molar-refractivity contribution is 0.445. The van der Waals surface area contributed by atoms with E-state index in [9.17, 15) is 13.2 Å². The van der Waals surface area contributed by atoms with Crippen molar-refractivity contribution >= 4 is 35.6 Å². The lowest BCUT2D eigenvalue weighted by atomic mass is 10.1. The summed E-state index contributed by atoms with van der Waals surface area (Å²) in [7, 11) is 0. The summed E-state index contributed by atoms with van der Waals surface area (Å²) in [6.07, 6.45) is 1.21. The Morgan fingerprint density at radius 2 is 1.62 bits per heavy atom. The Morgan fingerprint density at radius 3 is 2.17 bits per heavy atom. The van der Waals surface area contributed by atoms with Crippen molar-refractivity contribution in [3.05, 3.63) is 65.0 Å². The SMILES string of the molecule is CCc1ccc(NC(N)=NCCc2cc(F)c(F)c(F)c2)cc1.I. The average Bonchev–Trinajstić information content (AvgIpc) is 2.53. The van der Waals surface area contributed by atoms with Crippen LogP contribution in [0.3, 0.4) is 0 Å². The van der Waals surface area contributed by atoms with Crippen LogP contribution in [0.25, 0.3) is 0 Å². The number of hydrogen-bond acceptors (Lipinski definition) is 1. The maximum Gasteiger partial charge on any atom is 0.194 e. The summed E-state index contributed by atoms with van der Waals surface area (Å²) in [6, 6.07) is 9.68. The number of nitrogens with one attached hydrogen (secondary N) is 1. The van der Waals surface area contributed by atoms with Crippen LogP contribution in [0.15, 0.2) is 41.4 Å². The van der Waals surface area contributed by atoms with Gasteiger partial charge in [-0.05, 0) is 48.2 Å². The van der Waals surface area contributed by atoms with Crippen LogP contribution in [0.1, 0.15) is 18.1 Å². The highest BCUT2D eigenvalue weighted by atomic mass is 127. The van der Waals surface area contributed by atoms with Crippen LogP contribution in [0.4, 0.5) is 18.9 Å². The molecule has 0 heterocycles. The molecular weight excluding hydrogens is 430 g/mol. The second kappa shape index (κ2) is 9.51. The fourth-order valence-electron chi connectivity index (χ4n) is 2.07. The van der Waals surface area contributed by atoms with Crippen molar-refractivity contribution in [1.29, 1.82) is 0 Å². The Balaban J connectivity index is 0.00000288. The highest BCUT2D eigenvalue weighted by Gasteiger charge is 2.10. The Kier molecular flexibility index (Phi) is 8.03. The number of guanidine groups is 1. The first-order valence-electron chi connectivity index (χ1n) is 7.29. The van der Waals surface area contributed by atoms with Crippen LogP contribution in [-0.4, -0.2) is 12.5 Å². The van der Waals surface area contributed by atoms with Crippen LogP contribution >= 0.6 is 24.0 Å². The van der Waals surface area contributed by atoms with Gasteiger partial charge in [0, 0.05) is 12.2 Å². The van der Waals surface area contributed by atoms with E-state index < -0.39 is 17.5 Å². The lowest BCUT2D eigenvalue weighted by Gasteiger charge is -2.07. The molecule has 130 valence electrons. The summed E-state index contributed by atoms with van der Waals surface area (Å²) >= 11 is 0. The summed E-state index contributed by atoms with van der Waals surface area (Å²) < 4.78 is 39.0. The van der Waals surface area contributed by atoms with E-state index in [1.165, 1.54) is 5.56 Å². The number of rotatable bonds is 5.